The van der Waals surface area contributed by atoms with Gasteiger partial charge in [0.2, 0.25) is 0 Å². The molecule has 0 bridgehead atoms. The van der Waals surface area contributed by atoms with Gasteiger partial charge in [-0.15, -0.1) is 0 Å². The Morgan fingerprint density at radius 3 is 2.84 bits per heavy atom. The lowest BCUT2D eigenvalue weighted by atomic mass is 10.1. The fraction of sp³-hybridized carbons (Fsp3) is 0.643. The summed E-state index contributed by atoms with van der Waals surface area (Å²) in [7, 11) is 0. The second-order valence-corrected chi connectivity index (χ2v) is 5.91. The standard InChI is InChI=1S/C14H22BrN3O/c1-11-9-12(15)10-17-14(11)18-6-3-13(4-7-18)19-8-2-5-16/h9-10,13H,2-8,16H2,1H3. The van der Waals surface area contributed by atoms with Crippen LogP contribution in [-0.2, 0) is 4.74 Å². The van der Waals surface area contributed by atoms with Gasteiger partial charge in [-0.1, -0.05) is 0 Å². The van der Waals surface area contributed by atoms with E-state index in [2.05, 4.69) is 38.8 Å². The molecule has 1 aromatic rings. The Morgan fingerprint density at radius 2 is 2.21 bits per heavy atom. The van der Waals surface area contributed by atoms with Crippen LogP contribution in [0.5, 0.6) is 0 Å². The van der Waals surface area contributed by atoms with Crippen LogP contribution >= 0.6 is 15.9 Å². The first-order chi connectivity index (χ1) is 9.20. The average Bonchev–Trinajstić information content (AvgIpc) is 2.40. The molecule has 5 heteroatoms. The van der Waals surface area contributed by atoms with Gasteiger partial charge in [0.05, 0.1) is 6.10 Å². The van der Waals surface area contributed by atoms with Gasteiger partial charge in [0.25, 0.3) is 0 Å². The van der Waals surface area contributed by atoms with E-state index >= 15 is 0 Å². The van der Waals surface area contributed by atoms with E-state index in [1.165, 1.54) is 5.56 Å². The third-order valence-electron chi connectivity index (χ3n) is 3.46. The number of aryl methyl sites for hydroxylation is 1. The average molecular weight is 328 g/mol. The lowest BCUT2D eigenvalue weighted by Crippen LogP contribution is -2.38. The molecule has 2 N–H and O–H groups in total. The highest BCUT2D eigenvalue weighted by molar-refractivity contribution is 9.10. The molecule has 0 spiro atoms. The topological polar surface area (TPSA) is 51.4 Å². The van der Waals surface area contributed by atoms with E-state index in [1.807, 2.05) is 6.20 Å². The molecular weight excluding hydrogens is 306 g/mol. The van der Waals surface area contributed by atoms with E-state index in [0.29, 0.717) is 12.6 Å². The number of halogens is 1. The number of piperidine rings is 1. The molecule has 0 aromatic carbocycles. The summed E-state index contributed by atoms with van der Waals surface area (Å²) in [6.07, 6.45) is 5.35. The molecule has 0 unspecified atom stereocenters. The van der Waals surface area contributed by atoms with Gasteiger partial charge in [0.15, 0.2) is 0 Å². The van der Waals surface area contributed by atoms with Crippen LogP contribution in [-0.4, -0.2) is 37.3 Å². The first-order valence-corrected chi connectivity index (χ1v) is 7.68. The molecule has 4 nitrogen and oxygen atoms in total. The van der Waals surface area contributed by atoms with Gasteiger partial charge in [-0.05, 0) is 60.3 Å². The third-order valence-corrected chi connectivity index (χ3v) is 3.89. The van der Waals surface area contributed by atoms with Crippen molar-refractivity contribution >= 4 is 21.7 Å². The predicted molar refractivity (Wildman–Crippen MR) is 81.5 cm³/mol. The van der Waals surface area contributed by atoms with Crippen molar-refractivity contribution in [2.45, 2.75) is 32.3 Å². The number of nitrogens with two attached hydrogens (primary N) is 1. The van der Waals surface area contributed by atoms with Gasteiger partial charge >= 0.3 is 0 Å². The zero-order valence-corrected chi connectivity index (χ0v) is 13.0. The summed E-state index contributed by atoms with van der Waals surface area (Å²) in [6, 6.07) is 2.12. The second kappa shape index (κ2) is 7.22. The minimum Gasteiger partial charge on any atom is -0.378 e. The van der Waals surface area contributed by atoms with Crippen LogP contribution in [0.15, 0.2) is 16.7 Å². The molecule has 1 aliphatic heterocycles. The molecule has 2 heterocycles. The summed E-state index contributed by atoms with van der Waals surface area (Å²) in [6.45, 7) is 5.64. The Hall–Kier alpha value is -0.650. The summed E-state index contributed by atoms with van der Waals surface area (Å²) in [4.78, 5) is 6.88. The van der Waals surface area contributed by atoms with Gasteiger partial charge < -0.3 is 15.4 Å². The normalized spacial score (nSPS) is 16.9. The van der Waals surface area contributed by atoms with E-state index < -0.39 is 0 Å². The highest BCUT2D eigenvalue weighted by Gasteiger charge is 2.21. The van der Waals surface area contributed by atoms with Crippen molar-refractivity contribution in [1.82, 2.24) is 4.98 Å². The molecule has 1 aromatic heterocycles. The molecule has 0 atom stereocenters. The Morgan fingerprint density at radius 1 is 1.47 bits per heavy atom. The summed E-state index contributed by atoms with van der Waals surface area (Å²) in [5, 5.41) is 0. The van der Waals surface area contributed by atoms with Crippen LogP contribution in [0.2, 0.25) is 0 Å². The molecular formula is C14H22BrN3O. The summed E-state index contributed by atoms with van der Waals surface area (Å²) < 4.78 is 6.86. The summed E-state index contributed by atoms with van der Waals surface area (Å²) in [5.74, 6) is 1.10. The van der Waals surface area contributed by atoms with E-state index in [4.69, 9.17) is 10.5 Å². The Balaban J connectivity index is 1.85. The first kappa shape index (κ1) is 14.8. The van der Waals surface area contributed by atoms with Crippen molar-refractivity contribution in [3.8, 4) is 0 Å². The van der Waals surface area contributed by atoms with Crippen LogP contribution < -0.4 is 10.6 Å². The number of nitrogens with zero attached hydrogens (tertiary/aromatic N) is 2. The molecule has 1 saturated heterocycles. The zero-order valence-electron chi connectivity index (χ0n) is 11.4. The molecule has 0 saturated carbocycles. The highest BCUT2D eigenvalue weighted by Crippen LogP contribution is 2.24. The van der Waals surface area contributed by atoms with Crippen LogP contribution in [0.1, 0.15) is 24.8 Å². The largest absolute Gasteiger partial charge is 0.378 e. The fourth-order valence-corrected chi connectivity index (χ4v) is 2.88. The lowest BCUT2D eigenvalue weighted by molar-refractivity contribution is 0.0365. The Labute approximate surface area is 123 Å². The van der Waals surface area contributed by atoms with Crippen molar-refractivity contribution in [3.63, 3.8) is 0 Å². The van der Waals surface area contributed by atoms with Gasteiger partial charge in [-0.3, -0.25) is 0 Å². The minimum absolute atomic E-state index is 0.388. The van der Waals surface area contributed by atoms with E-state index in [0.717, 1.165) is 49.2 Å². The molecule has 0 aliphatic carbocycles. The molecule has 0 amide bonds. The van der Waals surface area contributed by atoms with Crippen LogP contribution in [0.3, 0.4) is 0 Å². The quantitative estimate of drug-likeness (QED) is 0.844. The Kier molecular flexibility index (Phi) is 5.60. The number of anilines is 1. The number of ether oxygens (including phenoxy) is 1. The molecule has 0 radical (unpaired) electrons. The van der Waals surface area contributed by atoms with Crippen molar-refractivity contribution in [1.29, 1.82) is 0 Å². The highest BCUT2D eigenvalue weighted by atomic mass is 79.9. The predicted octanol–water partition coefficient (Wildman–Crippen LogP) is 2.49. The number of hydrogen-bond donors (Lipinski definition) is 1. The lowest BCUT2D eigenvalue weighted by Gasteiger charge is -2.33. The fourth-order valence-electron chi connectivity index (χ4n) is 2.43. The van der Waals surface area contributed by atoms with Crippen LogP contribution in [0.4, 0.5) is 5.82 Å². The maximum absolute atomic E-state index is 5.82. The monoisotopic (exact) mass is 327 g/mol. The SMILES string of the molecule is Cc1cc(Br)cnc1N1CCC(OCCCN)CC1. The zero-order chi connectivity index (χ0) is 13.7. The van der Waals surface area contributed by atoms with E-state index in [-0.39, 0.29) is 0 Å². The molecule has 1 fully saturated rings. The minimum atomic E-state index is 0.388. The van der Waals surface area contributed by atoms with Gasteiger partial charge in [0, 0.05) is 30.4 Å². The maximum Gasteiger partial charge on any atom is 0.131 e. The number of hydrogen-bond acceptors (Lipinski definition) is 4. The van der Waals surface area contributed by atoms with Crippen molar-refractivity contribution < 1.29 is 4.74 Å². The molecule has 1 aliphatic rings. The molecule has 106 valence electrons. The van der Waals surface area contributed by atoms with Gasteiger partial charge in [-0.2, -0.15) is 0 Å². The smallest absolute Gasteiger partial charge is 0.131 e. The maximum atomic E-state index is 5.82. The van der Waals surface area contributed by atoms with Crippen LogP contribution in [0, 0.1) is 6.92 Å². The molecule has 2 rings (SSSR count). The number of pyridine rings is 1. The van der Waals surface area contributed by atoms with E-state index in [9.17, 15) is 0 Å². The number of rotatable bonds is 5. The van der Waals surface area contributed by atoms with Crippen LogP contribution in [0.25, 0.3) is 0 Å². The van der Waals surface area contributed by atoms with E-state index in [1.54, 1.807) is 0 Å². The van der Waals surface area contributed by atoms with Crippen molar-refractivity contribution in [2.24, 2.45) is 5.73 Å². The van der Waals surface area contributed by atoms with Crippen molar-refractivity contribution in [2.75, 3.05) is 31.1 Å². The van der Waals surface area contributed by atoms with Gasteiger partial charge in [-0.25, -0.2) is 4.98 Å². The summed E-state index contributed by atoms with van der Waals surface area (Å²) >= 11 is 3.45. The first-order valence-electron chi connectivity index (χ1n) is 6.89. The van der Waals surface area contributed by atoms with Crippen molar-refractivity contribution in [3.05, 3.63) is 22.3 Å². The number of aromatic nitrogens is 1. The second-order valence-electron chi connectivity index (χ2n) is 4.99. The molecule has 19 heavy (non-hydrogen) atoms. The van der Waals surface area contributed by atoms with Gasteiger partial charge in [0.1, 0.15) is 5.82 Å². The summed E-state index contributed by atoms with van der Waals surface area (Å²) in [5.41, 5.74) is 6.69. The third kappa shape index (κ3) is 4.16. The Bertz CT molecular complexity index is 406.